The fraction of sp³-hybridized carbons (Fsp3) is 0.125. The first-order chi connectivity index (χ1) is 25.5. The van der Waals surface area contributed by atoms with Crippen LogP contribution in [0.1, 0.15) is 31.8 Å². The molecule has 0 fully saturated rings. The predicted octanol–water partition coefficient (Wildman–Crippen LogP) is 8.46. The third-order valence-corrected chi connectivity index (χ3v) is 7.72. The van der Waals surface area contributed by atoms with Gasteiger partial charge in [0.1, 0.15) is 22.6 Å². The average Bonchev–Trinajstić information content (AvgIpc) is 3.08. The molecule has 0 spiro atoms. The number of halogens is 8. The Kier molecular flexibility index (Phi) is 11.9. The van der Waals surface area contributed by atoms with Crippen LogP contribution < -0.4 is 4.74 Å². The number of hydrogen-bond donors (Lipinski definition) is 2. The molecule has 2 N–H and O–H groups in total. The van der Waals surface area contributed by atoms with Crippen molar-refractivity contribution in [2.75, 3.05) is 13.2 Å². The van der Waals surface area contributed by atoms with Crippen LogP contribution in [0.4, 0.5) is 37.7 Å². The molecule has 15 nitrogen and oxygen atoms in total. The molecule has 4 rings (SSSR count). The second-order valence-corrected chi connectivity index (χ2v) is 11.4. The van der Waals surface area contributed by atoms with E-state index in [1.54, 1.807) is 0 Å². The first-order valence-electron chi connectivity index (χ1n) is 14.4. The van der Waals surface area contributed by atoms with Crippen molar-refractivity contribution in [1.82, 2.24) is 0 Å². The number of carbonyl (C=O) groups excluding carboxylic acids is 2. The number of carboxylic acids is 2. The highest BCUT2D eigenvalue weighted by molar-refractivity contribution is 6.34. The van der Waals surface area contributed by atoms with E-state index >= 15 is 0 Å². The number of alkyl halides is 6. The Hall–Kier alpha value is -6.48. The van der Waals surface area contributed by atoms with Gasteiger partial charge in [0.15, 0.2) is 13.2 Å². The van der Waals surface area contributed by atoms with Crippen LogP contribution in [0.2, 0.25) is 10.0 Å². The van der Waals surface area contributed by atoms with E-state index in [4.69, 9.17) is 38.2 Å². The highest BCUT2D eigenvalue weighted by atomic mass is 35.5. The van der Waals surface area contributed by atoms with Gasteiger partial charge in [0.2, 0.25) is 0 Å². The molecule has 0 heterocycles. The summed E-state index contributed by atoms with van der Waals surface area (Å²) in [7, 11) is 0. The van der Waals surface area contributed by atoms with Crippen molar-refractivity contribution >= 4 is 58.5 Å². The molecule has 288 valence electrons. The van der Waals surface area contributed by atoms with Crippen LogP contribution in [0, 0.1) is 20.2 Å². The van der Waals surface area contributed by atoms with Gasteiger partial charge >= 0.3 is 36.2 Å². The quantitative estimate of drug-likeness (QED) is 0.0593. The van der Waals surface area contributed by atoms with E-state index in [9.17, 15) is 65.7 Å². The average molecular weight is 821 g/mol. The molecule has 0 bridgehead atoms. The summed E-state index contributed by atoms with van der Waals surface area (Å²) in [6.07, 6.45) is -9.98. The van der Waals surface area contributed by atoms with Crippen molar-refractivity contribution in [2.24, 2.45) is 0 Å². The van der Waals surface area contributed by atoms with Crippen molar-refractivity contribution in [3.8, 4) is 33.8 Å². The zero-order valence-electron chi connectivity index (χ0n) is 26.5. The van der Waals surface area contributed by atoms with Gasteiger partial charge in [-0.3, -0.25) is 20.2 Å². The summed E-state index contributed by atoms with van der Waals surface area (Å²) in [6.45, 7) is -2.77. The maximum absolute atomic E-state index is 13.5. The van der Waals surface area contributed by atoms with Crippen molar-refractivity contribution < 1.29 is 79.8 Å². The number of benzene rings is 4. The summed E-state index contributed by atoms with van der Waals surface area (Å²) in [5, 5.41) is 40.6. The predicted molar refractivity (Wildman–Crippen MR) is 173 cm³/mol. The highest BCUT2D eigenvalue weighted by Crippen LogP contribution is 2.49. The van der Waals surface area contributed by atoms with Crippen LogP contribution in [0.5, 0.6) is 11.5 Å². The van der Waals surface area contributed by atoms with Crippen molar-refractivity contribution in [3.63, 3.8) is 0 Å². The lowest BCUT2D eigenvalue weighted by atomic mass is 9.94. The van der Waals surface area contributed by atoms with E-state index in [0.29, 0.717) is 48.5 Å². The van der Waals surface area contributed by atoms with Crippen molar-refractivity contribution in [3.05, 3.63) is 113 Å². The number of hydrogen-bond acceptors (Lipinski definition) is 11. The molecule has 0 atom stereocenters. The van der Waals surface area contributed by atoms with E-state index < -0.39 is 137 Å². The summed E-state index contributed by atoms with van der Waals surface area (Å²) >= 11 is 12.4. The normalized spacial score (nSPS) is 11.4. The van der Waals surface area contributed by atoms with Crippen molar-refractivity contribution in [1.29, 1.82) is 0 Å². The van der Waals surface area contributed by atoms with E-state index in [0.717, 1.165) is 12.1 Å². The molecule has 23 heteroatoms. The molecule has 0 aromatic heterocycles. The molecule has 4 aromatic carbocycles. The maximum Gasteiger partial charge on any atom is 0.416 e. The zero-order valence-corrected chi connectivity index (χ0v) is 28.0. The van der Waals surface area contributed by atoms with Crippen LogP contribution in [-0.2, 0) is 31.4 Å². The molecule has 0 saturated heterocycles. The number of nitrogens with zero attached hydrogens (tertiary/aromatic N) is 2. The van der Waals surface area contributed by atoms with E-state index in [1.165, 1.54) is 0 Å². The second-order valence-electron chi connectivity index (χ2n) is 10.6. The molecule has 0 aliphatic carbocycles. The first kappa shape index (κ1) is 41.3. The number of esters is 2. The lowest BCUT2D eigenvalue weighted by Gasteiger charge is -2.20. The van der Waals surface area contributed by atoms with Gasteiger partial charge in [0.05, 0.1) is 21.0 Å². The number of carbonyl (C=O) groups is 4. The smallest absolute Gasteiger partial charge is 0.416 e. The number of ether oxygens (including phenoxy) is 3. The maximum atomic E-state index is 13.5. The minimum absolute atomic E-state index is 0.349. The molecular weight excluding hydrogens is 805 g/mol. The van der Waals surface area contributed by atoms with Gasteiger partial charge in [-0.2, -0.15) is 26.3 Å². The minimum atomic E-state index is -4.99. The highest BCUT2D eigenvalue weighted by Gasteiger charge is 2.37. The molecule has 0 amide bonds. The zero-order chi connectivity index (χ0) is 41.2. The van der Waals surface area contributed by atoms with Crippen LogP contribution >= 0.6 is 23.2 Å². The number of nitro benzene ring substituents is 2. The number of nitro groups is 2. The SMILES string of the molecule is O=C(O)COC(=O)c1c([N+](=O)[O-])ccc(Oc2ccc([N+](=O)[O-])c(C(=O)OCC(=O)O)c2-c2ccc(C(F)(F)F)cc2Cl)c1-c1ccc(C(F)(F)F)cc1Cl. The van der Waals surface area contributed by atoms with Gasteiger partial charge in [-0.25, -0.2) is 19.2 Å². The molecule has 55 heavy (non-hydrogen) atoms. The lowest BCUT2D eigenvalue weighted by molar-refractivity contribution is -0.385. The molecule has 4 aromatic rings. The molecule has 0 radical (unpaired) electrons. The Morgan fingerprint density at radius 2 is 0.964 bits per heavy atom. The molecule has 0 aliphatic heterocycles. The van der Waals surface area contributed by atoms with Gasteiger partial charge in [0, 0.05) is 44.4 Å². The Bertz CT molecular complexity index is 2120. The summed E-state index contributed by atoms with van der Waals surface area (Å²) in [4.78, 5) is 70.8. The van der Waals surface area contributed by atoms with Gasteiger partial charge < -0.3 is 24.4 Å². The second kappa shape index (κ2) is 15.9. The fourth-order valence-corrected chi connectivity index (χ4v) is 5.42. The monoisotopic (exact) mass is 820 g/mol. The molecule has 0 unspecified atom stereocenters. The summed E-state index contributed by atoms with van der Waals surface area (Å²) in [5.41, 5.74) is -10.2. The van der Waals surface area contributed by atoms with Gasteiger partial charge in [-0.1, -0.05) is 35.3 Å². The fourth-order valence-electron chi connectivity index (χ4n) is 4.87. The van der Waals surface area contributed by atoms with E-state index in [2.05, 4.69) is 9.47 Å². The topological polar surface area (TPSA) is 223 Å². The molecule has 0 aliphatic rings. The number of aliphatic carboxylic acids is 2. The standard InChI is InChI=1S/C32H16Cl2F6N2O13/c33-17-9-13(31(35,36)37)1-3-15(17)25-21(7-5-19(41(49)50)27(25)29(47)53-11-23(43)44)55-22-8-6-20(42(51)52)28(30(48)54-12-24(45)46)26(22)16-4-2-14(10-18(16)34)32(38,39)40/h1-10H,11-12H2,(H,43,44)(H,45,46). The van der Waals surface area contributed by atoms with Gasteiger partial charge in [-0.05, 0) is 36.4 Å². The Balaban J connectivity index is 2.15. The first-order valence-corrected chi connectivity index (χ1v) is 15.1. The van der Waals surface area contributed by atoms with Gasteiger partial charge in [0.25, 0.3) is 11.4 Å². The Morgan fingerprint density at radius 1 is 0.618 bits per heavy atom. The van der Waals surface area contributed by atoms with Gasteiger partial charge in [-0.15, -0.1) is 0 Å². The molecular formula is C32H16Cl2F6N2O13. The van der Waals surface area contributed by atoms with Crippen LogP contribution in [0.3, 0.4) is 0 Å². The summed E-state index contributed by atoms with van der Waals surface area (Å²) in [5.74, 6) is -8.58. The lowest BCUT2D eigenvalue weighted by Crippen LogP contribution is -2.16. The minimum Gasteiger partial charge on any atom is -0.479 e. The molecule has 0 saturated carbocycles. The van der Waals surface area contributed by atoms with Crippen molar-refractivity contribution in [2.45, 2.75) is 12.4 Å². The largest absolute Gasteiger partial charge is 0.479 e. The number of rotatable bonds is 12. The third kappa shape index (κ3) is 9.19. The van der Waals surface area contributed by atoms with E-state index in [1.807, 2.05) is 0 Å². The Morgan fingerprint density at radius 3 is 1.24 bits per heavy atom. The van der Waals surface area contributed by atoms with E-state index in [-0.39, 0.29) is 0 Å². The van der Waals surface area contributed by atoms with Crippen LogP contribution in [-0.4, -0.2) is 57.2 Å². The number of carboxylic acid groups (broad SMARTS) is 2. The van der Waals surface area contributed by atoms with Crippen LogP contribution in [0.15, 0.2) is 60.7 Å². The summed E-state index contributed by atoms with van der Waals surface area (Å²) < 4.78 is 96.5. The summed E-state index contributed by atoms with van der Waals surface area (Å²) in [6, 6.07) is 5.50. The third-order valence-electron chi connectivity index (χ3n) is 7.10. The Labute approximate surface area is 310 Å². The van der Waals surface area contributed by atoms with Crippen LogP contribution in [0.25, 0.3) is 22.3 Å².